The zero-order valence-corrected chi connectivity index (χ0v) is 9.77. The summed E-state index contributed by atoms with van der Waals surface area (Å²) in [6, 6.07) is 3.92. The SMILES string of the molecule is CCOC(=O)C(O)c1ccc(F)c(COC)c1. The monoisotopic (exact) mass is 242 g/mol. The Kier molecular flexibility index (Phi) is 5.06. The van der Waals surface area contributed by atoms with Crippen LogP contribution in [0.5, 0.6) is 0 Å². The van der Waals surface area contributed by atoms with Gasteiger partial charge in [0.2, 0.25) is 0 Å². The summed E-state index contributed by atoms with van der Waals surface area (Å²) >= 11 is 0. The highest BCUT2D eigenvalue weighted by Crippen LogP contribution is 2.19. The summed E-state index contributed by atoms with van der Waals surface area (Å²) in [6.45, 7) is 1.91. The number of halogens is 1. The van der Waals surface area contributed by atoms with Gasteiger partial charge in [0.1, 0.15) is 5.82 Å². The van der Waals surface area contributed by atoms with Gasteiger partial charge in [0, 0.05) is 12.7 Å². The van der Waals surface area contributed by atoms with Crippen LogP contribution in [0.1, 0.15) is 24.2 Å². The molecule has 0 amide bonds. The van der Waals surface area contributed by atoms with Crippen LogP contribution in [0.15, 0.2) is 18.2 Å². The zero-order chi connectivity index (χ0) is 12.8. The third-order valence-corrected chi connectivity index (χ3v) is 2.20. The summed E-state index contributed by atoms with van der Waals surface area (Å²) in [6.07, 6.45) is -1.40. The molecule has 0 fully saturated rings. The quantitative estimate of drug-likeness (QED) is 0.796. The Bertz CT molecular complexity index is 392. The number of aliphatic hydroxyl groups is 1. The lowest BCUT2D eigenvalue weighted by molar-refractivity contribution is -0.153. The smallest absolute Gasteiger partial charge is 0.339 e. The molecular formula is C12H15FO4. The molecule has 0 heterocycles. The lowest BCUT2D eigenvalue weighted by Gasteiger charge is -2.11. The van der Waals surface area contributed by atoms with Crippen molar-refractivity contribution >= 4 is 5.97 Å². The molecule has 0 aliphatic rings. The maximum absolute atomic E-state index is 13.3. The van der Waals surface area contributed by atoms with Crippen LogP contribution in [0.2, 0.25) is 0 Å². The van der Waals surface area contributed by atoms with Crippen molar-refractivity contribution in [3.63, 3.8) is 0 Å². The number of ether oxygens (including phenoxy) is 2. The minimum atomic E-state index is -1.40. The number of hydrogen-bond donors (Lipinski definition) is 1. The second-order valence-electron chi connectivity index (χ2n) is 3.44. The van der Waals surface area contributed by atoms with Gasteiger partial charge in [-0.3, -0.25) is 0 Å². The zero-order valence-electron chi connectivity index (χ0n) is 9.77. The molecule has 0 spiro atoms. The molecule has 0 aliphatic carbocycles. The van der Waals surface area contributed by atoms with Crippen molar-refractivity contribution in [2.24, 2.45) is 0 Å². The topological polar surface area (TPSA) is 55.8 Å². The Morgan fingerprint density at radius 2 is 2.24 bits per heavy atom. The van der Waals surface area contributed by atoms with Crippen LogP contribution in [0.4, 0.5) is 4.39 Å². The molecule has 0 aliphatic heterocycles. The number of carbonyl (C=O) groups is 1. The maximum Gasteiger partial charge on any atom is 0.339 e. The second kappa shape index (κ2) is 6.32. The molecule has 1 atom stereocenters. The number of aliphatic hydroxyl groups excluding tert-OH is 1. The third-order valence-electron chi connectivity index (χ3n) is 2.20. The maximum atomic E-state index is 13.3. The largest absolute Gasteiger partial charge is 0.464 e. The van der Waals surface area contributed by atoms with Gasteiger partial charge in [-0.05, 0) is 24.6 Å². The second-order valence-corrected chi connectivity index (χ2v) is 3.44. The minimum absolute atomic E-state index is 0.0786. The molecule has 0 aromatic heterocycles. The molecule has 0 bridgehead atoms. The van der Waals surface area contributed by atoms with E-state index in [9.17, 15) is 14.3 Å². The Morgan fingerprint density at radius 3 is 2.82 bits per heavy atom. The van der Waals surface area contributed by atoms with Crippen LogP contribution >= 0.6 is 0 Å². The molecule has 1 N–H and O–H groups in total. The summed E-state index contributed by atoms with van der Waals surface area (Å²) in [7, 11) is 1.44. The highest BCUT2D eigenvalue weighted by molar-refractivity contribution is 5.76. The molecule has 0 saturated heterocycles. The lowest BCUT2D eigenvalue weighted by atomic mass is 10.1. The molecule has 1 unspecified atom stereocenters. The fraction of sp³-hybridized carbons (Fsp3) is 0.417. The normalized spacial score (nSPS) is 12.2. The Balaban J connectivity index is 2.90. The number of methoxy groups -OCH3 is 1. The van der Waals surface area contributed by atoms with Gasteiger partial charge in [0.25, 0.3) is 0 Å². The third kappa shape index (κ3) is 3.51. The highest BCUT2D eigenvalue weighted by atomic mass is 19.1. The Morgan fingerprint density at radius 1 is 1.53 bits per heavy atom. The lowest BCUT2D eigenvalue weighted by Crippen LogP contribution is -2.15. The summed E-state index contributed by atoms with van der Waals surface area (Å²) < 4.78 is 22.8. The van der Waals surface area contributed by atoms with Gasteiger partial charge in [0.15, 0.2) is 6.10 Å². The van der Waals surface area contributed by atoms with Gasteiger partial charge in [0.05, 0.1) is 13.2 Å². The van der Waals surface area contributed by atoms with Gasteiger partial charge in [-0.15, -0.1) is 0 Å². The van der Waals surface area contributed by atoms with Crippen LogP contribution in [0, 0.1) is 5.82 Å². The van der Waals surface area contributed by atoms with Crippen LogP contribution in [0.3, 0.4) is 0 Å². The van der Waals surface area contributed by atoms with Crippen LogP contribution in [-0.2, 0) is 20.9 Å². The summed E-state index contributed by atoms with van der Waals surface area (Å²) in [4.78, 5) is 11.3. The molecule has 0 radical (unpaired) electrons. The Hall–Kier alpha value is -1.46. The molecule has 17 heavy (non-hydrogen) atoms. The number of hydrogen-bond acceptors (Lipinski definition) is 4. The van der Waals surface area contributed by atoms with E-state index >= 15 is 0 Å². The first kappa shape index (κ1) is 13.6. The average molecular weight is 242 g/mol. The first-order valence-electron chi connectivity index (χ1n) is 5.22. The van der Waals surface area contributed by atoms with Crippen LogP contribution in [-0.4, -0.2) is 24.8 Å². The predicted molar refractivity (Wildman–Crippen MR) is 58.7 cm³/mol. The van der Waals surface area contributed by atoms with Gasteiger partial charge >= 0.3 is 5.97 Å². The highest BCUT2D eigenvalue weighted by Gasteiger charge is 2.19. The van der Waals surface area contributed by atoms with Gasteiger partial charge in [-0.1, -0.05) is 6.07 Å². The fourth-order valence-corrected chi connectivity index (χ4v) is 1.39. The number of benzene rings is 1. The number of esters is 1. The van der Waals surface area contributed by atoms with Crippen molar-refractivity contribution in [3.8, 4) is 0 Å². The molecule has 5 heteroatoms. The van der Waals surface area contributed by atoms with E-state index in [4.69, 9.17) is 4.74 Å². The van der Waals surface area contributed by atoms with E-state index in [0.717, 1.165) is 0 Å². The van der Waals surface area contributed by atoms with Crippen LogP contribution in [0.25, 0.3) is 0 Å². The molecule has 1 aromatic rings. The molecule has 0 saturated carbocycles. The standard InChI is InChI=1S/C12H15FO4/c1-3-17-12(15)11(14)8-4-5-10(13)9(6-8)7-16-2/h4-6,11,14H,3,7H2,1-2H3. The predicted octanol–water partition coefficient (Wildman–Crippen LogP) is 1.57. The average Bonchev–Trinajstić information content (AvgIpc) is 2.31. The van der Waals surface area contributed by atoms with E-state index in [1.54, 1.807) is 6.92 Å². The minimum Gasteiger partial charge on any atom is -0.464 e. The van der Waals surface area contributed by atoms with Crippen molar-refractivity contribution in [1.29, 1.82) is 0 Å². The van der Waals surface area contributed by atoms with E-state index in [1.807, 2.05) is 0 Å². The molecular weight excluding hydrogens is 227 g/mol. The molecule has 4 nitrogen and oxygen atoms in total. The summed E-state index contributed by atoms with van der Waals surface area (Å²) in [5.41, 5.74) is 0.574. The number of rotatable bonds is 5. The van der Waals surface area contributed by atoms with Crippen LogP contribution < -0.4 is 0 Å². The number of carbonyl (C=O) groups excluding carboxylic acids is 1. The van der Waals surface area contributed by atoms with Crippen molar-refractivity contribution in [2.45, 2.75) is 19.6 Å². The van der Waals surface area contributed by atoms with E-state index in [1.165, 1.54) is 25.3 Å². The Labute approximate surface area is 99.0 Å². The van der Waals surface area contributed by atoms with E-state index in [2.05, 4.69) is 4.74 Å². The molecule has 94 valence electrons. The van der Waals surface area contributed by atoms with Crippen molar-refractivity contribution < 1.29 is 23.8 Å². The molecule has 1 rings (SSSR count). The van der Waals surface area contributed by atoms with Crippen molar-refractivity contribution in [3.05, 3.63) is 35.1 Å². The van der Waals surface area contributed by atoms with E-state index < -0.39 is 17.9 Å². The van der Waals surface area contributed by atoms with Gasteiger partial charge < -0.3 is 14.6 Å². The van der Waals surface area contributed by atoms with Crippen molar-refractivity contribution in [1.82, 2.24) is 0 Å². The summed E-state index contributed by atoms with van der Waals surface area (Å²) in [5.74, 6) is -1.19. The van der Waals surface area contributed by atoms with Gasteiger partial charge in [-0.2, -0.15) is 0 Å². The van der Waals surface area contributed by atoms with Crippen molar-refractivity contribution in [2.75, 3.05) is 13.7 Å². The summed E-state index contributed by atoms with van der Waals surface area (Å²) in [5, 5.41) is 9.67. The molecule has 1 aromatic carbocycles. The first-order valence-corrected chi connectivity index (χ1v) is 5.22. The van der Waals surface area contributed by atoms with E-state index in [0.29, 0.717) is 0 Å². The van der Waals surface area contributed by atoms with E-state index in [-0.39, 0.29) is 24.3 Å². The fourth-order valence-electron chi connectivity index (χ4n) is 1.39. The van der Waals surface area contributed by atoms with Gasteiger partial charge in [-0.25, -0.2) is 9.18 Å². The first-order chi connectivity index (χ1) is 8.10.